The van der Waals surface area contributed by atoms with Crippen LogP contribution < -0.4 is 0 Å². The molecule has 0 aliphatic rings. The SMILES string of the molecule is O=NN(CO)CCCl. The Kier molecular flexibility index (Phi) is 4.59. The van der Waals surface area contributed by atoms with Crippen LogP contribution >= 0.6 is 11.6 Å². The molecule has 0 aromatic rings. The minimum atomic E-state index is -0.365. The molecule has 0 rings (SSSR count). The minimum Gasteiger partial charge on any atom is -0.375 e. The quantitative estimate of drug-likeness (QED) is 0.261. The fourth-order valence-electron chi connectivity index (χ4n) is 0.235. The van der Waals surface area contributed by atoms with E-state index in [1.54, 1.807) is 0 Å². The Morgan fingerprint density at radius 3 is 2.50 bits per heavy atom. The summed E-state index contributed by atoms with van der Waals surface area (Å²) in [7, 11) is 0. The first-order chi connectivity index (χ1) is 3.85. The predicted molar refractivity (Wildman–Crippen MR) is 30.3 cm³/mol. The van der Waals surface area contributed by atoms with Crippen LogP contribution in [0.4, 0.5) is 0 Å². The van der Waals surface area contributed by atoms with Gasteiger partial charge in [-0.1, -0.05) is 0 Å². The molecule has 1 N–H and O–H groups in total. The van der Waals surface area contributed by atoms with Gasteiger partial charge < -0.3 is 5.11 Å². The average Bonchev–Trinajstić information content (AvgIpc) is 1.83. The van der Waals surface area contributed by atoms with Crippen molar-refractivity contribution in [2.45, 2.75) is 0 Å². The molecule has 0 saturated heterocycles. The van der Waals surface area contributed by atoms with Crippen molar-refractivity contribution in [3.05, 3.63) is 4.91 Å². The maximum absolute atomic E-state index is 9.58. The van der Waals surface area contributed by atoms with E-state index < -0.39 is 0 Å². The fraction of sp³-hybridized carbons (Fsp3) is 1.00. The van der Waals surface area contributed by atoms with Crippen molar-refractivity contribution >= 4 is 11.6 Å². The Hall–Kier alpha value is -0.350. The zero-order valence-electron chi connectivity index (χ0n) is 4.25. The van der Waals surface area contributed by atoms with Crippen LogP contribution in [0.3, 0.4) is 0 Å². The van der Waals surface area contributed by atoms with E-state index in [0.717, 1.165) is 5.01 Å². The van der Waals surface area contributed by atoms with E-state index in [2.05, 4.69) is 5.29 Å². The summed E-state index contributed by atoms with van der Waals surface area (Å²) in [6.07, 6.45) is 0. The normalized spacial score (nSPS) is 8.75. The summed E-state index contributed by atoms with van der Waals surface area (Å²) in [6, 6.07) is 0. The van der Waals surface area contributed by atoms with Crippen molar-refractivity contribution in [1.29, 1.82) is 0 Å². The number of nitroso groups, excluding NO2 is 1. The second-order valence-corrected chi connectivity index (χ2v) is 1.52. The first kappa shape index (κ1) is 7.65. The highest BCUT2D eigenvalue weighted by molar-refractivity contribution is 6.18. The lowest BCUT2D eigenvalue weighted by atomic mass is 10.7. The van der Waals surface area contributed by atoms with Gasteiger partial charge in [0.15, 0.2) is 0 Å². The van der Waals surface area contributed by atoms with Crippen LogP contribution in [0.1, 0.15) is 0 Å². The lowest BCUT2D eigenvalue weighted by Gasteiger charge is -2.06. The molecule has 0 atom stereocenters. The predicted octanol–water partition coefficient (Wildman–Crippen LogP) is 0.158. The van der Waals surface area contributed by atoms with Gasteiger partial charge >= 0.3 is 0 Å². The molecule has 0 aromatic heterocycles. The van der Waals surface area contributed by atoms with E-state index in [1.165, 1.54) is 0 Å². The maximum Gasteiger partial charge on any atom is 0.134 e. The maximum atomic E-state index is 9.58. The van der Waals surface area contributed by atoms with Crippen LogP contribution in [-0.4, -0.2) is 29.3 Å². The Morgan fingerprint density at radius 1 is 1.75 bits per heavy atom. The zero-order chi connectivity index (χ0) is 6.41. The summed E-state index contributed by atoms with van der Waals surface area (Å²) in [5, 5.41) is 11.6. The second kappa shape index (κ2) is 4.80. The third-order valence-corrected chi connectivity index (χ3v) is 0.790. The van der Waals surface area contributed by atoms with Crippen LogP contribution in [0.5, 0.6) is 0 Å². The summed E-state index contributed by atoms with van der Waals surface area (Å²) < 4.78 is 0. The molecule has 0 bridgehead atoms. The largest absolute Gasteiger partial charge is 0.375 e. The Labute approximate surface area is 52.0 Å². The van der Waals surface area contributed by atoms with Gasteiger partial charge in [0.05, 0.1) is 11.8 Å². The number of hydrogen-bond donors (Lipinski definition) is 1. The van der Waals surface area contributed by atoms with Gasteiger partial charge in [0.2, 0.25) is 0 Å². The molecule has 5 heteroatoms. The molecule has 0 spiro atoms. The van der Waals surface area contributed by atoms with Crippen molar-refractivity contribution in [3.63, 3.8) is 0 Å². The van der Waals surface area contributed by atoms with Gasteiger partial charge in [-0.25, -0.2) is 5.01 Å². The second-order valence-electron chi connectivity index (χ2n) is 1.14. The first-order valence-electron chi connectivity index (χ1n) is 2.10. The average molecular weight is 139 g/mol. The van der Waals surface area contributed by atoms with E-state index in [4.69, 9.17) is 16.7 Å². The standard InChI is InChI=1S/C3H7ClN2O2/c4-1-2-6(3-7)5-8/h7H,1-3H2. The van der Waals surface area contributed by atoms with E-state index in [-0.39, 0.29) is 6.73 Å². The van der Waals surface area contributed by atoms with Gasteiger partial charge in [-0.05, 0) is 0 Å². The number of hydrogen-bond acceptors (Lipinski definition) is 3. The lowest BCUT2D eigenvalue weighted by Crippen LogP contribution is -2.19. The molecule has 0 aromatic carbocycles. The fourth-order valence-corrected chi connectivity index (χ4v) is 0.430. The number of nitrogens with zero attached hydrogens (tertiary/aromatic N) is 2. The molecule has 48 valence electrons. The molecule has 0 aliphatic carbocycles. The van der Waals surface area contributed by atoms with E-state index in [1.807, 2.05) is 0 Å². The van der Waals surface area contributed by atoms with Gasteiger partial charge in [0.25, 0.3) is 0 Å². The van der Waals surface area contributed by atoms with Gasteiger partial charge in [-0.3, -0.25) is 0 Å². The highest BCUT2D eigenvalue weighted by atomic mass is 35.5. The summed E-state index contributed by atoms with van der Waals surface area (Å²) in [5.41, 5.74) is 0. The molecule has 8 heavy (non-hydrogen) atoms. The van der Waals surface area contributed by atoms with Crippen LogP contribution in [0.15, 0.2) is 5.29 Å². The Morgan fingerprint density at radius 2 is 2.38 bits per heavy atom. The van der Waals surface area contributed by atoms with Crippen LogP contribution in [-0.2, 0) is 0 Å². The number of halogens is 1. The third kappa shape index (κ3) is 2.76. The number of aliphatic hydroxyl groups is 1. The molecular formula is C3H7ClN2O2. The monoisotopic (exact) mass is 138 g/mol. The Bertz CT molecular complexity index is 70.3. The molecule has 0 amide bonds. The third-order valence-electron chi connectivity index (χ3n) is 0.621. The van der Waals surface area contributed by atoms with Crippen molar-refractivity contribution in [3.8, 4) is 0 Å². The molecular weight excluding hydrogens is 131 g/mol. The summed E-state index contributed by atoms with van der Waals surface area (Å²) in [4.78, 5) is 9.58. The lowest BCUT2D eigenvalue weighted by molar-refractivity contribution is 0.115. The highest BCUT2D eigenvalue weighted by Crippen LogP contribution is 1.86. The van der Waals surface area contributed by atoms with E-state index >= 15 is 0 Å². The summed E-state index contributed by atoms with van der Waals surface area (Å²) in [6.45, 7) is -0.0717. The van der Waals surface area contributed by atoms with E-state index in [9.17, 15) is 4.91 Å². The molecule has 0 radical (unpaired) electrons. The van der Waals surface area contributed by atoms with Crippen LogP contribution in [0.25, 0.3) is 0 Å². The smallest absolute Gasteiger partial charge is 0.134 e. The molecule has 0 saturated carbocycles. The van der Waals surface area contributed by atoms with E-state index in [0.29, 0.717) is 12.4 Å². The molecule has 0 fully saturated rings. The minimum absolute atomic E-state index is 0.293. The molecule has 4 nitrogen and oxygen atoms in total. The number of alkyl halides is 1. The van der Waals surface area contributed by atoms with Gasteiger partial charge in [-0.15, -0.1) is 16.5 Å². The van der Waals surface area contributed by atoms with Crippen LogP contribution in [0, 0.1) is 4.91 Å². The molecule has 0 aliphatic heterocycles. The first-order valence-corrected chi connectivity index (χ1v) is 2.63. The highest BCUT2D eigenvalue weighted by Gasteiger charge is 1.95. The van der Waals surface area contributed by atoms with Gasteiger partial charge in [0.1, 0.15) is 6.73 Å². The number of rotatable bonds is 4. The zero-order valence-corrected chi connectivity index (χ0v) is 5.01. The van der Waals surface area contributed by atoms with Crippen LogP contribution in [0.2, 0.25) is 0 Å². The van der Waals surface area contributed by atoms with Crippen molar-refractivity contribution in [1.82, 2.24) is 5.01 Å². The van der Waals surface area contributed by atoms with Gasteiger partial charge in [-0.2, -0.15) is 0 Å². The summed E-state index contributed by atoms with van der Waals surface area (Å²) in [5.74, 6) is 0.298. The van der Waals surface area contributed by atoms with Crippen molar-refractivity contribution < 1.29 is 5.11 Å². The summed E-state index contributed by atoms with van der Waals surface area (Å²) >= 11 is 5.20. The number of aliphatic hydroxyl groups excluding tert-OH is 1. The van der Waals surface area contributed by atoms with Crippen molar-refractivity contribution in [2.24, 2.45) is 5.29 Å². The molecule has 0 heterocycles. The molecule has 0 unspecified atom stereocenters. The Balaban J connectivity index is 3.21. The van der Waals surface area contributed by atoms with Crippen molar-refractivity contribution in [2.75, 3.05) is 19.2 Å². The van der Waals surface area contributed by atoms with Gasteiger partial charge in [0, 0.05) is 5.88 Å². The topological polar surface area (TPSA) is 52.9 Å².